The summed E-state index contributed by atoms with van der Waals surface area (Å²) in [5.41, 5.74) is 6.50. The van der Waals surface area contributed by atoms with E-state index < -0.39 is 17.6 Å². The second kappa shape index (κ2) is 53.7. The van der Waals surface area contributed by atoms with Crippen LogP contribution in [-0.2, 0) is 28.8 Å². The standard InChI is InChI=1S/C16H27NO3.C12H22O.C9H10O.C5H10.C4H10.3C2H6.CH3NO.CH4/c1-4-5-7-11(2)16(20)17-14(15(19)12(3)18)10-13-8-6-9-13;1-10(2)8-12(9-13)11-6-4-3-5-7-11;1-8(7-10)9-5-3-2-4-6-9;1-4-5(2)3;1-4(2)3;3*1-2;2-1-3;/h11,13-14H,4-10H2,1-3H3,(H,17,20);9-12H,3-8H2,1-2H3;2-8H,1H3;2,4H2,1,3H3;4H,1-3H3;3*1-2H3;1H,(H2,2,3);1H4. The van der Waals surface area contributed by atoms with E-state index in [0.29, 0.717) is 30.1 Å². The SMILES string of the molecule is C.C=C(C)CC.CC.CC.CC.CC(C)C.CC(C)CC(C=O)C1CCCCC1.CC(C=O)c1ccccc1.CCCCC(C)C(=O)NC(CC1CCC1)C(=O)C(C)=O.NC=O. The molecule has 0 spiro atoms. The summed E-state index contributed by atoms with van der Waals surface area (Å²) in [6.45, 7) is 37.9. The molecule has 8 heteroatoms. The molecule has 0 heterocycles. The van der Waals surface area contributed by atoms with E-state index in [2.05, 4.69) is 66.1 Å². The molecule has 0 bridgehead atoms. The Labute approximate surface area is 385 Å². The van der Waals surface area contributed by atoms with Crippen LogP contribution in [0.3, 0.4) is 0 Å². The monoisotopic (exact) mass is 877 g/mol. The number of hydrogen-bond donors (Lipinski definition) is 2. The molecule has 0 aliphatic heterocycles. The smallest absolute Gasteiger partial charge is 0.223 e. The zero-order valence-electron chi connectivity index (χ0n) is 42.9. The third-order valence-corrected chi connectivity index (χ3v) is 9.52. The molecule has 2 amide bonds. The van der Waals surface area contributed by atoms with Crippen LogP contribution in [0.5, 0.6) is 0 Å². The van der Waals surface area contributed by atoms with Crippen molar-refractivity contribution in [3.63, 3.8) is 0 Å². The minimum atomic E-state index is -0.616. The number of primary amides is 1. The molecule has 4 atom stereocenters. The Hall–Kier alpha value is -3.42. The first kappa shape index (κ1) is 73.0. The highest BCUT2D eigenvalue weighted by atomic mass is 16.2. The molecule has 366 valence electrons. The average molecular weight is 877 g/mol. The number of carbonyl (C=O) groups excluding carboxylic acids is 6. The van der Waals surface area contributed by atoms with Crippen molar-refractivity contribution in [2.45, 2.75) is 227 Å². The Kier molecular flexibility index (Phi) is 63.2. The van der Waals surface area contributed by atoms with Gasteiger partial charge in [0.15, 0.2) is 5.78 Å². The molecule has 0 aromatic heterocycles. The molecule has 3 rings (SSSR count). The molecule has 2 saturated carbocycles. The van der Waals surface area contributed by atoms with Gasteiger partial charge in [-0.15, -0.1) is 6.58 Å². The minimum absolute atomic E-state index is 0. The molecule has 2 fully saturated rings. The molecule has 2 aliphatic rings. The van der Waals surface area contributed by atoms with Gasteiger partial charge in [0.25, 0.3) is 0 Å². The Morgan fingerprint density at radius 2 is 1.23 bits per heavy atom. The first-order valence-corrected chi connectivity index (χ1v) is 24.1. The fourth-order valence-corrected chi connectivity index (χ4v) is 5.80. The fraction of sp³-hybridized carbons (Fsp3) is 0.741. The first-order chi connectivity index (χ1) is 28.9. The van der Waals surface area contributed by atoms with E-state index in [1.54, 1.807) is 0 Å². The van der Waals surface area contributed by atoms with Gasteiger partial charge in [-0.25, -0.2) is 0 Å². The largest absolute Gasteiger partial charge is 0.372 e. The predicted molar refractivity (Wildman–Crippen MR) is 271 cm³/mol. The van der Waals surface area contributed by atoms with Gasteiger partial charge < -0.3 is 20.6 Å². The zero-order valence-corrected chi connectivity index (χ0v) is 42.9. The molecule has 1 aromatic rings. The van der Waals surface area contributed by atoms with Gasteiger partial charge >= 0.3 is 0 Å². The van der Waals surface area contributed by atoms with Crippen molar-refractivity contribution in [1.29, 1.82) is 0 Å². The quantitative estimate of drug-likeness (QED) is 0.0962. The number of nitrogens with two attached hydrogens (primary N) is 1. The Morgan fingerprint density at radius 3 is 1.55 bits per heavy atom. The number of allylic oxidation sites excluding steroid dienone is 1. The molecular weight excluding hydrogens is 773 g/mol. The van der Waals surface area contributed by atoms with Crippen LogP contribution in [0.2, 0.25) is 0 Å². The number of rotatable bonds is 16. The van der Waals surface area contributed by atoms with Crippen LogP contribution in [0, 0.1) is 35.5 Å². The normalized spacial score (nSPS) is 14.0. The van der Waals surface area contributed by atoms with Crippen molar-refractivity contribution in [3.05, 3.63) is 48.0 Å². The molecule has 2 aliphatic carbocycles. The molecular formula is C54H104N2O6. The van der Waals surface area contributed by atoms with Gasteiger partial charge in [-0.3, -0.25) is 19.2 Å². The summed E-state index contributed by atoms with van der Waals surface area (Å²) in [6, 6.07) is 9.12. The fourth-order valence-electron chi connectivity index (χ4n) is 5.80. The summed E-state index contributed by atoms with van der Waals surface area (Å²) in [5.74, 6) is 1.95. The van der Waals surface area contributed by atoms with Crippen molar-refractivity contribution >= 4 is 36.5 Å². The number of Topliss-reactive ketones (excluding diaryl/α,β-unsaturated/α-hetero) is 2. The van der Waals surface area contributed by atoms with Gasteiger partial charge in [-0.05, 0) is 74.7 Å². The highest BCUT2D eigenvalue weighted by Gasteiger charge is 2.30. The van der Waals surface area contributed by atoms with Gasteiger partial charge in [0.05, 0.1) is 6.04 Å². The number of nitrogens with one attached hydrogen (secondary N) is 1. The van der Waals surface area contributed by atoms with E-state index >= 15 is 0 Å². The predicted octanol–water partition coefficient (Wildman–Crippen LogP) is 14.5. The van der Waals surface area contributed by atoms with Gasteiger partial charge in [0, 0.05) is 24.7 Å². The first-order valence-electron chi connectivity index (χ1n) is 24.1. The van der Waals surface area contributed by atoms with E-state index in [1.807, 2.05) is 92.6 Å². The van der Waals surface area contributed by atoms with Crippen LogP contribution < -0.4 is 11.1 Å². The maximum Gasteiger partial charge on any atom is 0.223 e. The number of ketones is 2. The van der Waals surface area contributed by atoms with Crippen LogP contribution in [0.4, 0.5) is 0 Å². The second-order valence-corrected chi connectivity index (χ2v) is 16.4. The second-order valence-electron chi connectivity index (χ2n) is 16.4. The zero-order chi connectivity index (χ0) is 48.8. The summed E-state index contributed by atoms with van der Waals surface area (Å²) >= 11 is 0. The number of aldehydes is 2. The average Bonchev–Trinajstić information content (AvgIpc) is 3.25. The van der Waals surface area contributed by atoms with Crippen LogP contribution in [0.15, 0.2) is 42.5 Å². The lowest BCUT2D eigenvalue weighted by Crippen LogP contribution is -2.46. The molecule has 4 unspecified atom stereocenters. The number of amides is 2. The van der Waals surface area contributed by atoms with Crippen LogP contribution in [-0.4, -0.2) is 42.5 Å². The molecule has 8 nitrogen and oxygen atoms in total. The Morgan fingerprint density at radius 1 is 0.774 bits per heavy atom. The van der Waals surface area contributed by atoms with E-state index in [0.717, 1.165) is 62.7 Å². The summed E-state index contributed by atoms with van der Waals surface area (Å²) < 4.78 is 0. The minimum Gasteiger partial charge on any atom is -0.372 e. The van der Waals surface area contributed by atoms with Crippen molar-refractivity contribution < 1.29 is 28.8 Å². The molecule has 0 saturated heterocycles. The lowest BCUT2D eigenvalue weighted by molar-refractivity contribution is -0.138. The number of unbranched alkanes of at least 4 members (excludes halogenated alkanes) is 1. The third kappa shape index (κ3) is 47.6. The highest BCUT2D eigenvalue weighted by Crippen LogP contribution is 2.32. The van der Waals surface area contributed by atoms with E-state index in [4.69, 9.17) is 4.79 Å². The Balaban J connectivity index is -0.000000125. The van der Waals surface area contributed by atoms with Crippen LogP contribution in [0.25, 0.3) is 0 Å². The van der Waals surface area contributed by atoms with Crippen molar-refractivity contribution in [1.82, 2.24) is 5.32 Å². The highest BCUT2D eigenvalue weighted by molar-refractivity contribution is 6.38. The number of carbonyl (C=O) groups is 6. The van der Waals surface area contributed by atoms with E-state index in [1.165, 1.54) is 57.3 Å². The van der Waals surface area contributed by atoms with Gasteiger partial charge in [-0.1, -0.05) is 199 Å². The summed E-state index contributed by atoms with van der Waals surface area (Å²) in [5, 5.41) is 2.80. The van der Waals surface area contributed by atoms with Crippen LogP contribution >= 0.6 is 0 Å². The lowest BCUT2D eigenvalue weighted by Gasteiger charge is -2.29. The van der Waals surface area contributed by atoms with Crippen LogP contribution in [0.1, 0.15) is 227 Å². The molecule has 0 radical (unpaired) electrons. The van der Waals surface area contributed by atoms with E-state index in [9.17, 15) is 24.0 Å². The lowest BCUT2D eigenvalue weighted by atomic mass is 9.77. The van der Waals surface area contributed by atoms with Gasteiger partial charge in [0.1, 0.15) is 12.6 Å². The number of benzene rings is 1. The van der Waals surface area contributed by atoms with Crippen molar-refractivity contribution in [2.24, 2.45) is 41.2 Å². The molecule has 3 N–H and O–H groups in total. The summed E-state index contributed by atoms with van der Waals surface area (Å²) in [4.78, 5) is 65.1. The molecule has 1 aromatic carbocycles. The van der Waals surface area contributed by atoms with E-state index in [-0.39, 0.29) is 31.6 Å². The maximum absolute atomic E-state index is 12.1. The van der Waals surface area contributed by atoms with Gasteiger partial charge in [-0.2, -0.15) is 0 Å². The van der Waals surface area contributed by atoms with Gasteiger partial charge in [0.2, 0.25) is 18.1 Å². The number of hydrogen-bond acceptors (Lipinski definition) is 6. The van der Waals surface area contributed by atoms with Crippen molar-refractivity contribution in [2.75, 3.05) is 0 Å². The van der Waals surface area contributed by atoms with Crippen molar-refractivity contribution in [3.8, 4) is 0 Å². The summed E-state index contributed by atoms with van der Waals surface area (Å²) in [7, 11) is 0. The Bertz CT molecular complexity index is 1150. The third-order valence-electron chi connectivity index (χ3n) is 9.52. The topological polar surface area (TPSA) is 140 Å². The maximum atomic E-state index is 12.1. The summed E-state index contributed by atoms with van der Waals surface area (Å²) in [6.07, 6.45) is 18.1. The molecule has 62 heavy (non-hydrogen) atoms.